The molecule has 0 radical (unpaired) electrons. The van der Waals surface area contributed by atoms with Crippen LogP contribution in [0.3, 0.4) is 0 Å². The first kappa shape index (κ1) is 18.4. The minimum Gasteiger partial charge on any atom is -0.383 e. The van der Waals surface area contributed by atoms with Crippen molar-refractivity contribution < 1.29 is 13.2 Å². The summed E-state index contributed by atoms with van der Waals surface area (Å²) in [5, 5.41) is 0. The van der Waals surface area contributed by atoms with Crippen LogP contribution in [0, 0.1) is 13.8 Å². The second kappa shape index (κ2) is 8.24. The Bertz CT molecular complexity index is 608. The minimum atomic E-state index is -3.22. The molecule has 1 aliphatic rings. The van der Waals surface area contributed by atoms with Crippen LogP contribution >= 0.6 is 0 Å². The number of ether oxygens (including phenoxy) is 1. The molecular weight excluding hydrogens is 312 g/mol. The molecule has 0 atom stereocenters. The summed E-state index contributed by atoms with van der Waals surface area (Å²) in [5.74, 6) is 0.190. The van der Waals surface area contributed by atoms with Gasteiger partial charge >= 0.3 is 0 Å². The van der Waals surface area contributed by atoms with E-state index in [1.54, 1.807) is 13.2 Å². The van der Waals surface area contributed by atoms with Crippen LogP contribution in [-0.4, -0.2) is 77.0 Å². The third-order valence-corrected chi connectivity index (χ3v) is 6.26. The number of aryl methyl sites for hydroxylation is 2. The van der Waals surface area contributed by atoms with Gasteiger partial charge in [-0.2, -0.15) is 0 Å². The minimum absolute atomic E-state index is 0.190. The third-order valence-electron chi connectivity index (χ3n) is 4.43. The van der Waals surface area contributed by atoms with Gasteiger partial charge in [0.25, 0.3) is 0 Å². The Morgan fingerprint density at radius 2 is 1.65 bits per heavy atom. The molecule has 0 aliphatic carbocycles. The standard InChI is InChI=1S/C17H28N2O3S/c1-15-4-5-16(2)17(14-15)23(20,21)13-11-19-8-6-18(7-9-19)10-12-22-3/h4-5,14H,6-13H2,1-3H3. The van der Waals surface area contributed by atoms with E-state index in [1.807, 2.05) is 26.0 Å². The normalized spacial score (nSPS) is 17.5. The summed E-state index contributed by atoms with van der Waals surface area (Å²) in [6, 6.07) is 5.62. The number of methoxy groups -OCH3 is 1. The van der Waals surface area contributed by atoms with Crippen molar-refractivity contribution >= 4 is 9.84 Å². The first-order valence-electron chi connectivity index (χ1n) is 8.16. The van der Waals surface area contributed by atoms with Crippen LogP contribution in [0.1, 0.15) is 11.1 Å². The average Bonchev–Trinajstić information content (AvgIpc) is 2.54. The zero-order valence-electron chi connectivity index (χ0n) is 14.4. The van der Waals surface area contributed by atoms with Crippen LogP contribution in [0.25, 0.3) is 0 Å². The van der Waals surface area contributed by atoms with Crippen LogP contribution < -0.4 is 0 Å². The summed E-state index contributed by atoms with van der Waals surface area (Å²) in [4.78, 5) is 5.08. The highest BCUT2D eigenvalue weighted by Gasteiger charge is 2.21. The molecule has 1 aliphatic heterocycles. The lowest BCUT2D eigenvalue weighted by molar-refractivity contribution is 0.0998. The molecule has 0 unspecified atom stereocenters. The van der Waals surface area contributed by atoms with E-state index in [9.17, 15) is 8.42 Å². The summed E-state index contributed by atoms with van der Waals surface area (Å²) >= 11 is 0. The van der Waals surface area contributed by atoms with Gasteiger partial charge in [-0.25, -0.2) is 8.42 Å². The van der Waals surface area contributed by atoms with Gasteiger partial charge in [0.1, 0.15) is 0 Å². The van der Waals surface area contributed by atoms with E-state index in [4.69, 9.17) is 4.74 Å². The second-order valence-electron chi connectivity index (χ2n) is 6.26. The van der Waals surface area contributed by atoms with E-state index in [0.717, 1.165) is 50.5 Å². The molecule has 0 aromatic heterocycles. The van der Waals surface area contributed by atoms with Gasteiger partial charge in [-0.1, -0.05) is 12.1 Å². The molecule has 1 aromatic rings. The Morgan fingerprint density at radius 1 is 1.04 bits per heavy atom. The summed E-state index contributed by atoms with van der Waals surface area (Å²) in [7, 11) is -1.50. The highest BCUT2D eigenvalue weighted by Crippen LogP contribution is 2.18. The first-order valence-corrected chi connectivity index (χ1v) is 9.81. The van der Waals surface area contributed by atoms with Gasteiger partial charge in [-0.3, -0.25) is 9.80 Å². The van der Waals surface area contributed by atoms with E-state index in [2.05, 4.69) is 9.80 Å². The molecule has 1 aromatic carbocycles. The zero-order chi connectivity index (χ0) is 16.9. The lowest BCUT2D eigenvalue weighted by Gasteiger charge is -2.34. The van der Waals surface area contributed by atoms with Gasteiger partial charge in [0.05, 0.1) is 17.3 Å². The van der Waals surface area contributed by atoms with Crippen molar-refractivity contribution in [2.24, 2.45) is 0 Å². The quantitative estimate of drug-likeness (QED) is 0.750. The van der Waals surface area contributed by atoms with Crippen molar-refractivity contribution in [1.29, 1.82) is 0 Å². The zero-order valence-corrected chi connectivity index (χ0v) is 15.2. The fraction of sp³-hybridized carbons (Fsp3) is 0.647. The van der Waals surface area contributed by atoms with Gasteiger partial charge in [0.2, 0.25) is 0 Å². The van der Waals surface area contributed by atoms with Crippen molar-refractivity contribution in [3.05, 3.63) is 29.3 Å². The van der Waals surface area contributed by atoms with Gasteiger partial charge < -0.3 is 4.74 Å². The monoisotopic (exact) mass is 340 g/mol. The third kappa shape index (κ3) is 5.28. The van der Waals surface area contributed by atoms with E-state index < -0.39 is 9.84 Å². The Labute approximate surface area is 140 Å². The van der Waals surface area contributed by atoms with Crippen LogP contribution in [-0.2, 0) is 14.6 Å². The van der Waals surface area contributed by atoms with Gasteiger partial charge in [-0.05, 0) is 31.0 Å². The largest absolute Gasteiger partial charge is 0.383 e. The van der Waals surface area contributed by atoms with Gasteiger partial charge in [0, 0.05) is 46.4 Å². The van der Waals surface area contributed by atoms with Gasteiger partial charge in [0.15, 0.2) is 9.84 Å². The molecule has 0 spiro atoms. The molecule has 130 valence electrons. The molecule has 6 heteroatoms. The number of hydrogen-bond donors (Lipinski definition) is 0. The summed E-state index contributed by atoms with van der Waals surface area (Å²) in [6.45, 7) is 9.90. The van der Waals surface area contributed by atoms with Crippen LogP contribution in [0.4, 0.5) is 0 Å². The van der Waals surface area contributed by atoms with E-state index in [-0.39, 0.29) is 5.75 Å². The Morgan fingerprint density at radius 3 is 2.26 bits per heavy atom. The number of sulfone groups is 1. The predicted molar refractivity (Wildman–Crippen MR) is 92.7 cm³/mol. The Balaban J connectivity index is 1.87. The van der Waals surface area contributed by atoms with Crippen molar-refractivity contribution in [1.82, 2.24) is 9.80 Å². The van der Waals surface area contributed by atoms with Crippen molar-refractivity contribution in [3.63, 3.8) is 0 Å². The molecular formula is C17H28N2O3S. The average molecular weight is 340 g/mol. The van der Waals surface area contributed by atoms with Crippen molar-refractivity contribution in [3.8, 4) is 0 Å². The van der Waals surface area contributed by atoms with Crippen LogP contribution in [0.15, 0.2) is 23.1 Å². The molecule has 23 heavy (non-hydrogen) atoms. The molecule has 0 amide bonds. The summed E-state index contributed by atoms with van der Waals surface area (Å²) in [5.41, 5.74) is 1.82. The van der Waals surface area contributed by atoms with Gasteiger partial charge in [-0.15, -0.1) is 0 Å². The molecule has 2 rings (SSSR count). The van der Waals surface area contributed by atoms with Crippen molar-refractivity contribution in [2.45, 2.75) is 18.7 Å². The van der Waals surface area contributed by atoms with Crippen LogP contribution in [0.2, 0.25) is 0 Å². The second-order valence-corrected chi connectivity index (χ2v) is 8.34. The molecule has 1 heterocycles. The van der Waals surface area contributed by atoms with E-state index >= 15 is 0 Å². The number of hydrogen-bond acceptors (Lipinski definition) is 5. The number of benzene rings is 1. The fourth-order valence-electron chi connectivity index (χ4n) is 2.86. The number of nitrogens with zero attached hydrogens (tertiary/aromatic N) is 2. The molecule has 0 saturated carbocycles. The lowest BCUT2D eigenvalue weighted by Crippen LogP contribution is -2.48. The topological polar surface area (TPSA) is 49.9 Å². The van der Waals surface area contributed by atoms with Crippen molar-refractivity contribution in [2.75, 3.05) is 58.7 Å². The number of piperazine rings is 1. The Hall–Kier alpha value is -0.950. The maximum absolute atomic E-state index is 12.6. The maximum atomic E-state index is 12.6. The first-order chi connectivity index (χ1) is 10.9. The smallest absolute Gasteiger partial charge is 0.179 e. The lowest BCUT2D eigenvalue weighted by atomic mass is 10.2. The molecule has 1 fully saturated rings. The number of rotatable bonds is 7. The predicted octanol–water partition coefficient (Wildman–Crippen LogP) is 1.34. The maximum Gasteiger partial charge on any atom is 0.179 e. The molecule has 5 nitrogen and oxygen atoms in total. The molecule has 1 saturated heterocycles. The molecule has 0 N–H and O–H groups in total. The summed E-state index contributed by atoms with van der Waals surface area (Å²) in [6.07, 6.45) is 0. The Kier molecular flexibility index (Phi) is 6.59. The SMILES string of the molecule is COCCN1CCN(CCS(=O)(=O)c2cc(C)ccc2C)CC1. The molecule has 0 bridgehead atoms. The highest BCUT2D eigenvalue weighted by atomic mass is 32.2. The van der Waals surface area contributed by atoms with E-state index in [1.165, 1.54) is 0 Å². The highest BCUT2D eigenvalue weighted by molar-refractivity contribution is 7.91. The van der Waals surface area contributed by atoms with Crippen LogP contribution in [0.5, 0.6) is 0 Å². The fourth-order valence-corrected chi connectivity index (χ4v) is 4.50. The summed E-state index contributed by atoms with van der Waals surface area (Å²) < 4.78 is 30.3. The van der Waals surface area contributed by atoms with E-state index in [0.29, 0.717) is 11.4 Å².